The van der Waals surface area contributed by atoms with Gasteiger partial charge in [0.2, 0.25) is 0 Å². The summed E-state index contributed by atoms with van der Waals surface area (Å²) in [5, 5.41) is 6.03. The van der Waals surface area contributed by atoms with Gasteiger partial charge in [-0.15, -0.1) is 0 Å². The Morgan fingerprint density at radius 2 is 1.47 bits per heavy atom. The number of hydrogen-bond acceptors (Lipinski definition) is 5. The third-order valence-electron chi connectivity index (χ3n) is 6.84. The molecular weight excluding hydrogens is 594 g/mol. The number of hydrogen-bond donors (Lipinski definition) is 2. The highest BCUT2D eigenvalue weighted by Gasteiger charge is 2.39. The maximum atomic E-state index is 13.6. The minimum Gasteiger partial charge on any atom is -0.340 e. The van der Waals surface area contributed by atoms with E-state index < -0.39 is 41.0 Å². The molecular formula is C30H24F6N4O2S. The van der Waals surface area contributed by atoms with Crippen LogP contribution in [0.4, 0.5) is 37.7 Å². The van der Waals surface area contributed by atoms with E-state index in [4.69, 9.17) is 0 Å². The summed E-state index contributed by atoms with van der Waals surface area (Å²) in [6.07, 6.45) is -9.37. The summed E-state index contributed by atoms with van der Waals surface area (Å²) in [5.74, 6) is -0.694. The van der Waals surface area contributed by atoms with Crippen molar-refractivity contribution >= 4 is 40.1 Å². The number of allylic oxidation sites excluding steroid dienone is 1. The summed E-state index contributed by atoms with van der Waals surface area (Å²) in [6.45, 7) is 2.32. The average Bonchev–Trinajstić information content (AvgIpc) is 2.96. The molecule has 2 heterocycles. The predicted molar refractivity (Wildman–Crippen MR) is 153 cm³/mol. The van der Waals surface area contributed by atoms with Gasteiger partial charge in [0.15, 0.2) is 5.17 Å². The van der Waals surface area contributed by atoms with Crippen LogP contribution in [-0.4, -0.2) is 34.2 Å². The molecule has 2 amide bonds. The number of fused-ring (bicyclic) bond motifs is 1. The molecule has 5 rings (SSSR count). The van der Waals surface area contributed by atoms with E-state index >= 15 is 0 Å². The summed E-state index contributed by atoms with van der Waals surface area (Å²) in [4.78, 5) is 33.2. The summed E-state index contributed by atoms with van der Waals surface area (Å²) in [6, 6.07) is 15.3. The topological polar surface area (TPSA) is 73.8 Å². The van der Waals surface area contributed by atoms with Gasteiger partial charge in [0.25, 0.3) is 11.8 Å². The smallest absolute Gasteiger partial charge is 0.340 e. The van der Waals surface area contributed by atoms with Gasteiger partial charge in [0.05, 0.1) is 28.4 Å². The molecule has 1 atom stereocenters. The predicted octanol–water partition coefficient (Wildman–Crippen LogP) is 7.74. The number of amidine groups is 1. The molecule has 2 aliphatic rings. The number of alkyl halides is 6. The van der Waals surface area contributed by atoms with Gasteiger partial charge in [0.1, 0.15) is 0 Å². The molecule has 2 aliphatic heterocycles. The number of carbonyl (C=O) groups excluding carboxylic acids is 2. The molecule has 0 aliphatic carbocycles. The number of para-hydroxylation sites is 1. The second-order valence-corrected chi connectivity index (χ2v) is 10.9. The van der Waals surface area contributed by atoms with Crippen molar-refractivity contribution in [2.75, 3.05) is 22.9 Å². The van der Waals surface area contributed by atoms with Gasteiger partial charge in [-0.25, -0.2) is 4.99 Å². The lowest BCUT2D eigenvalue weighted by molar-refractivity contribution is -0.143. The van der Waals surface area contributed by atoms with Crippen LogP contribution in [-0.2, 0) is 17.1 Å². The second-order valence-electron chi connectivity index (χ2n) is 9.89. The molecule has 0 aromatic heterocycles. The molecule has 1 fully saturated rings. The largest absolute Gasteiger partial charge is 0.416 e. The van der Waals surface area contributed by atoms with Gasteiger partial charge in [-0.2, -0.15) is 26.3 Å². The highest BCUT2D eigenvalue weighted by atomic mass is 32.2. The number of rotatable bonds is 5. The third-order valence-corrected chi connectivity index (χ3v) is 7.92. The van der Waals surface area contributed by atoms with Crippen molar-refractivity contribution in [3.8, 4) is 0 Å². The van der Waals surface area contributed by atoms with Crippen LogP contribution in [0.2, 0.25) is 0 Å². The summed E-state index contributed by atoms with van der Waals surface area (Å²) >= 11 is 1.54. The van der Waals surface area contributed by atoms with Crippen molar-refractivity contribution in [3.05, 3.63) is 106 Å². The van der Waals surface area contributed by atoms with E-state index in [9.17, 15) is 35.9 Å². The van der Waals surface area contributed by atoms with Crippen molar-refractivity contribution in [2.45, 2.75) is 31.7 Å². The number of thioether (sulfide) groups is 1. The second kappa shape index (κ2) is 11.8. The molecule has 6 nitrogen and oxygen atoms in total. The molecule has 0 bridgehead atoms. The van der Waals surface area contributed by atoms with Crippen LogP contribution in [0, 0.1) is 0 Å². The van der Waals surface area contributed by atoms with Crippen molar-refractivity contribution in [2.24, 2.45) is 4.99 Å². The quantitative estimate of drug-likeness (QED) is 0.287. The van der Waals surface area contributed by atoms with Crippen LogP contribution in [0.1, 0.15) is 46.4 Å². The average molecular weight is 619 g/mol. The number of nitrogens with one attached hydrogen (secondary N) is 2. The number of amides is 2. The number of halogens is 6. The molecule has 3 aromatic carbocycles. The number of anilines is 2. The van der Waals surface area contributed by atoms with Crippen molar-refractivity contribution < 1.29 is 35.9 Å². The lowest BCUT2D eigenvalue weighted by Crippen LogP contribution is -2.43. The first-order chi connectivity index (χ1) is 20.3. The van der Waals surface area contributed by atoms with E-state index in [1.165, 1.54) is 6.07 Å². The standard InChI is InChI=1S/C30H24F6N4O2S/c1-17-24(27(42)38-22-8-3-2-4-9-22)25(40-11-6-12-43-28(40)37-17)18-7-5-10-23(15-18)39-26(41)19-13-20(29(31,32)33)16-21(14-19)30(34,35)36/h2-5,7-10,13-16,25H,6,11-12H2,1H3,(H,38,42)(H,39,41)/t25-/m1/s1. The monoisotopic (exact) mass is 618 g/mol. The number of aliphatic imine (C=N–C) groups is 1. The molecule has 224 valence electrons. The van der Waals surface area contributed by atoms with Gasteiger partial charge in [0, 0.05) is 29.2 Å². The van der Waals surface area contributed by atoms with E-state index in [2.05, 4.69) is 15.6 Å². The van der Waals surface area contributed by atoms with Crippen LogP contribution in [0.5, 0.6) is 0 Å². The van der Waals surface area contributed by atoms with Gasteiger partial charge < -0.3 is 15.5 Å². The van der Waals surface area contributed by atoms with Crippen LogP contribution in [0.15, 0.2) is 89.1 Å². The van der Waals surface area contributed by atoms with Crippen molar-refractivity contribution in [1.82, 2.24) is 4.90 Å². The van der Waals surface area contributed by atoms with Gasteiger partial charge >= 0.3 is 12.4 Å². The molecule has 0 unspecified atom stereocenters. The van der Waals surface area contributed by atoms with E-state index in [0.29, 0.717) is 41.2 Å². The SMILES string of the molecule is CC1=C(C(=O)Nc2ccccc2)[C@@H](c2cccc(NC(=O)c3cc(C(F)(F)F)cc(C(F)(F)F)c3)c2)N2CCCSC2=N1. The Bertz CT molecular complexity index is 1590. The van der Waals surface area contributed by atoms with Crippen LogP contribution >= 0.6 is 11.8 Å². The minimum atomic E-state index is -5.09. The Hall–Kier alpha value is -4.26. The molecule has 1 saturated heterocycles. The zero-order chi connectivity index (χ0) is 30.9. The molecule has 3 aromatic rings. The molecule has 0 saturated carbocycles. The fourth-order valence-corrected chi connectivity index (χ4v) is 5.92. The van der Waals surface area contributed by atoms with Crippen LogP contribution in [0.25, 0.3) is 0 Å². The highest BCUT2D eigenvalue weighted by Crippen LogP contribution is 2.41. The first-order valence-corrected chi connectivity index (χ1v) is 14.1. The normalized spacial score (nSPS) is 17.2. The van der Waals surface area contributed by atoms with Gasteiger partial charge in [-0.3, -0.25) is 9.59 Å². The van der Waals surface area contributed by atoms with Gasteiger partial charge in [-0.1, -0.05) is 42.1 Å². The fourth-order valence-electron chi connectivity index (χ4n) is 4.90. The van der Waals surface area contributed by atoms with Crippen molar-refractivity contribution in [3.63, 3.8) is 0 Å². The fraction of sp³-hybridized carbons (Fsp3) is 0.233. The molecule has 2 N–H and O–H groups in total. The van der Waals surface area contributed by atoms with E-state index in [1.54, 1.807) is 61.2 Å². The van der Waals surface area contributed by atoms with Crippen LogP contribution < -0.4 is 10.6 Å². The zero-order valence-corrected chi connectivity index (χ0v) is 23.3. The van der Waals surface area contributed by atoms with E-state index in [0.717, 1.165) is 17.3 Å². The lowest BCUT2D eigenvalue weighted by atomic mass is 9.93. The maximum absolute atomic E-state index is 13.6. The zero-order valence-electron chi connectivity index (χ0n) is 22.5. The maximum Gasteiger partial charge on any atom is 0.416 e. The number of nitrogens with zero attached hydrogens (tertiary/aromatic N) is 2. The molecule has 43 heavy (non-hydrogen) atoms. The third kappa shape index (κ3) is 6.71. The molecule has 0 radical (unpaired) electrons. The number of benzene rings is 3. The summed E-state index contributed by atoms with van der Waals surface area (Å²) in [7, 11) is 0. The Balaban J connectivity index is 1.49. The van der Waals surface area contributed by atoms with Gasteiger partial charge in [-0.05, 0) is 61.4 Å². The lowest BCUT2D eigenvalue weighted by Gasteiger charge is -2.41. The first-order valence-electron chi connectivity index (χ1n) is 13.1. The molecule has 0 spiro atoms. The summed E-state index contributed by atoms with van der Waals surface area (Å²) < 4.78 is 80.0. The molecule has 13 heteroatoms. The Morgan fingerprint density at radius 3 is 2.12 bits per heavy atom. The Kier molecular flexibility index (Phi) is 8.28. The van der Waals surface area contributed by atoms with Crippen molar-refractivity contribution in [1.29, 1.82) is 0 Å². The summed E-state index contributed by atoms with van der Waals surface area (Å²) in [5.41, 5.74) is -1.84. The van der Waals surface area contributed by atoms with E-state index in [-0.39, 0.29) is 17.7 Å². The minimum absolute atomic E-state index is 0.0348. The van der Waals surface area contributed by atoms with Crippen LogP contribution in [0.3, 0.4) is 0 Å². The number of carbonyl (C=O) groups is 2. The Morgan fingerprint density at radius 1 is 0.837 bits per heavy atom. The van der Waals surface area contributed by atoms with E-state index in [1.807, 2.05) is 11.0 Å². The highest BCUT2D eigenvalue weighted by molar-refractivity contribution is 8.13. The first kappa shape index (κ1) is 30.2. The Labute approximate surface area is 246 Å².